The minimum absolute atomic E-state index is 0.0888. The lowest BCUT2D eigenvalue weighted by Crippen LogP contribution is -2.37. The molecule has 0 aromatic heterocycles. The number of carbonyl (C=O) groups excluding carboxylic acids is 1. The summed E-state index contributed by atoms with van der Waals surface area (Å²) in [5.74, 6) is 0.610. The predicted molar refractivity (Wildman–Crippen MR) is 68.2 cm³/mol. The Balaban J connectivity index is 2.98. The molecule has 1 rings (SSSR count). The zero-order chi connectivity index (χ0) is 13.5. The molecule has 0 fully saturated rings. The van der Waals surface area contributed by atoms with E-state index in [2.05, 4.69) is 5.32 Å². The Hall–Kier alpha value is -1.75. The summed E-state index contributed by atoms with van der Waals surface area (Å²) in [6, 6.07) is 4.84. The van der Waals surface area contributed by atoms with Crippen molar-refractivity contribution in [1.82, 2.24) is 5.32 Å². The zero-order valence-electron chi connectivity index (χ0n) is 10.9. The molecule has 5 heteroatoms. The van der Waals surface area contributed by atoms with Crippen molar-refractivity contribution in [3.05, 3.63) is 23.8 Å². The number of nitrogens with one attached hydrogen (secondary N) is 1. The number of amides is 1. The zero-order valence-corrected chi connectivity index (χ0v) is 10.9. The molecule has 0 heterocycles. The molecule has 100 valence electrons. The van der Waals surface area contributed by atoms with Crippen molar-refractivity contribution in [1.29, 1.82) is 0 Å². The van der Waals surface area contributed by atoms with Gasteiger partial charge in [-0.1, -0.05) is 13.0 Å². The standard InChI is InChI=1S/C13H19NO4/c1-4-9(8-15)14-13(16)10-6-5-7-11(17-2)12(10)18-3/h5-7,9,15H,4,8H2,1-3H3,(H,14,16). The Bertz CT molecular complexity index is 402. The molecule has 0 saturated heterocycles. The van der Waals surface area contributed by atoms with Gasteiger partial charge in [0.15, 0.2) is 11.5 Å². The van der Waals surface area contributed by atoms with E-state index in [4.69, 9.17) is 14.6 Å². The van der Waals surface area contributed by atoms with Gasteiger partial charge in [-0.15, -0.1) is 0 Å². The average molecular weight is 253 g/mol. The fourth-order valence-electron chi connectivity index (χ4n) is 1.61. The number of ether oxygens (including phenoxy) is 2. The van der Waals surface area contributed by atoms with E-state index in [0.29, 0.717) is 23.5 Å². The molecule has 18 heavy (non-hydrogen) atoms. The molecule has 0 spiro atoms. The second-order valence-electron chi connectivity index (χ2n) is 3.80. The molecule has 0 radical (unpaired) electrons. The van der Waals surface area contributed by atoms with Crippen molar-refractivity contribution in [2.24, 2.45) is 0 Å². The topological polar surface area (TPSA) is 67.8 Å². The number of aliphatic hydroxyl groups is 1. The van der Waals surface area contributed by atoms with Gasteiger partial charge >= 0.3 is 0 Å². The minimum atomic E-state index is -0.286. The number of hydrogen-bond acceptors (Lipinski definition) is 4. The first-order valence-corrected chi connectivity index (χ1v) is 5.80. The van der Waals surface area contributed by atoms with Crippen molar-refractivity contribution in [3.63, 3.8) is 0 Å². The monoisotopic (exact) mass is 253 g/mol. The normalized spacial score (nSPS) is 11.8. The first-order chi connectivity index (χ1) is 8.67. The third-order valence-electron chi connectivity index (χ3n) is 2.70. The second-order valence-corrected chi connectivity index (χ2v) is 3.80. The third-order valence-corrected chi connectivity index (χ3v) is 2.70. The van der Waals surface area contributed by atoms with Crippen LogP contribution in [0.2, 0.25) is 0 Å². The molecule has 1 atom stereocenters. The van der Waals surface area contributed by atoms with Crippen LogP contribution in [0.3, 0.4) is 0 Å². The quantitative estimate of drug-likeness (QED) is 0.799. The van der Waals surface area contributed by atoms with E-state index >= 15 is 0 Å². The first kappa shape index (κ1) is 14.3. The van der Waals surface area contributed by atoms with Crippen LogP contribution in [0.25, 0.3) is 0 Å². The maximum Gasteiger partial charge on any atom is 0.255 e. The summed E-state index contributed by atoms with van der Waals surface area (Å²) < 4.78 is 10.3. The van der Waals surface area contributed by atoms with Gasteiger partial charge in [-0.25, -0.2) is 0 Å². The Labute approximate surface area is 107 Å². The van der Waals surface area contributed by atoms with Crippen molar-refractivity contribution in [2.75, 3.05) is 20.8 Å². The van der Waals surface area contributed by atoms with Crippen LogP contribution in [-0.4, -0.2) is 37.9 Å². The Morgan fingerprint density at radius 2 is 2.11 bits per heavy atom. The molecule has 0 saturated carbocycles. The number of para-hydroxylation sites is 1. The van der Waals surface area contributed by atoms with E-state index in [1.54, 1.807) is 18.2 Å². The molecular weight excluding hydrogens is 234 g/mol. The van der Waals surface area contributed by atoms with Gasteiger partial charge in [0.2, 0.25) is 0 Å². The average Bonchev–Trinajstić information content (AvgIpc) is 2.43. The molecule has 0 bridgehead atoms. The van der Waals surface area contributed by atoms with E-state index in [-0.39, 0.29) is 18.6 Å². The van der Waals surface area contributed by atoms with Crippen LogP contribution in [0.5, 0.6) is 11.5 Å². The number of aliphatic hydroxyl groups excluding tert-OH is 1. The predicted octanol–water partition coefficient (Wildman–Crippen LogP) is 1.20. The van der Waals surface area contributed by atoms with E-state index in [1.165, 1.54) is 14.2 Å². The van der Waals surface area contributed by atoms with Gasteiger partial charge in [0.1, 0.15) is 0 Å². The lowest BCUT2D eigenvalue weighted by molar-refractivity contribution is 0.0911. The maximum atomic E-state index is 12.1. The molecular formula is C13H19NO4. The smallest absolute Gasteiger partial charge is 0.255 e. The lowest BCUT2D eigenvalue weighted by atomic mass is 10.1. The number of methoxy groups -OCH3 is 2. The van der Waals surface area contributed by atoms with Gasteiger partial charge in [0.05, 0.1) is 32.4 Å². The first-order valence-electron chi connectivity index (χ1n) is 5.80. The highest BCUT2D eigenvalue weighted by atomic mass is 16.5. The van der Waals surface area contributed by atoms with Gasteiger partial charge in [-0.05, 0) is 18.6 Å². The van der Waals surface area contributed by atoms with Gasteiger partial charge in [-0.2, -0.15) is 0 Å². The van der Waals surface area contributed by atoms with Gasteiger partial charge in [0.25, 0.3) is 5.91 Å². The molecule has 0 aliphatic rings. The van der Waals surface area contributed by atoms with Crippen LogP contribution < -0.4 is 14.8 Å². The lowest BCUT2D eigenvalue weighted by Gasteiger charge is -2.16. The van der Waals surface area contributed by atoms with Crippen molar-refractivity contribution in [2.45, 2.75) is 19.4 Å². The fraction of sp³-hybridized carbons (Fsp3) is 0.462. The highest BCUT2D eigenvalue weighted by molar-refractivity contribution is 5.98. The number of hydrogen-bond donors (Lipinski definition) is 2. The van der Waals surface area contributed by atoms with Crippen LogP contribution in [0.15, 0.2) is 18.2 Å². The molecule has 0 aliphatic carbocycles. The molecule has 0 aliphatic heterocycles. The van der Waals surface area contributed by atoms with Crippen LogP contribution in [0, 0.1) is 0 Å². The van der Waals surface area contributed by atoms with E-state index in [9.17, 15) is 4.79 Å². The van der Waals surface area contributed by atoms with Crippen LogP contribution in [0.4, 0.5) is 0 Å². The largest absolute Gasteiger partial charge is 0.493 e. The van der Waals surface area contributed by atoms with E-state index < -0.39 is 0 Å². The van der Waals surface area contributed by atoms with Crippen molar-refractivity contribution in [3.8, 4) is 11.5 Å². The SMILES string of the molecule is CCC(CO)NC(=O)c1cccc(OC)c1OC. The van der Waals surface area contributed by atoms with Gasteiger partial charge < -0.3 is 19.9 Å². The van der Waals surface area contributed by atoms with Crippen LogP contribution in [0.1, 0.15) is 23.7 Å². The molecule has 1 unspecified atom stereocenters. The summed E-state index contributed by atoms with van der Waals surface area (Å²) in [5, 5.41) is 11.8. The summed E-state index contributed by atoms with van der Waals surface area (Å²) in [6.45, 7) is 1.80. The van der Waals surface area contributed by atoms with Crippen LogP contribution >= 0.6 is 0 Å². The summed E-state index contributed by atoms with van der Waals surface area (Å²) >= 11 is 0. The number of benzene rings is 1. The summed E-state index contributed by atoms with van der Waals surface area (Å²) in [4.78, 5) is 12.1. The van der Waals surface area contributed by atoms with E-state index in [0.717, 1.165) is 0 Å². The summed E-state index contributed by atoms with van der Waals surface area (Å²) in [6.07, 6.45) is 0.661. The molecule has 1 amide bonds. The van der Waals surface area contributed by atoms with Gasteiger partial charge in [-0.3, -0.25) is 4.79 Å². The van der Waals surface area contributed by atoms with Crippen molar-refractivity contribution >= 4 is 5.91 Å². The molecule has 1 aromatic carbocycles. The van der Waals surface area contributed by atoms with Crippen LogP contribution in [-0.2, 0) is 0 Å². The highest BCUT2D eigenvalue weighted by Gasteiger charge is 2.18. The fourth-order valence-corrected chi connectivity index (χ4v) is 1.61. The Morgan fingerprint density at radius 1 is 1.39 bits per heavy atom. The van der Waals surface area contributed by atoms with E-state index in [1.807, 2.05) is 6.92 Å². The summed E-state index contributed by atoms with van der Waals surface area (Å²) in [7, 11) is 3.00. The molecule has 1 aromatic rings. The summed E-state index contributed by atoms with van der Waals surface area (Å²) in [5.41, 5.74) is 0.392. The Morgan fingerprint density at radius 3 is 2.61 bits per heavy atom. The second kappa shape index (κ2) is 6.86. The minimum Gasteiger partial charge on any atom is -0.493 e. The number of carbonyl (C=O) groups is 1. The third kappa shape index (κ3) is 3.13. The Kier molecular flexibility index (Phi) is 5.45. The van der Waals surface area contributed by atoms with Crippen molar-refractivity contribution < 1.29 is 19.4 Å². The highest BCUT2D eigenvalue weighted by Crippen LogP contribution is 2.30. The van der Waals surface area contributed by atoms with Gasteiger partial charge in [0, 0.05) is 0 Å². The maximum absolute atomic E-state index is 12.1. The molecule has 2 N–H and O–H groups in total. The number of rotatable bonds is 6. The molecule has 5 nitrogen and oxygen atoms in total.